The molecular weight excluding hydrogens is 1130 g/mol. The second kappa shape index (κ2) is 25.4. The monoisotopic (exact) mass is 1180 g/mol. The Hall–Kier alpha value is -7.64. The van der Waals surface area contributed by atoms with Gasteiger partial charge in [-0.15, -0.1) is 56.7 Å². The van der Waals surface area contributed by atoms with Gasteiger partial charge in [0.25, 0.3) is 17.7 Å². The predicted molar refractivity (Wildman–Crippen MR) is 301 cm³/mol. The Morgan fingerprint density at radius 3 is 2.25 bits per heavy atom. The van der Waals surface area contributed by atoms with E-state index in [0.29, 0.717) is 95.3 Å². The molecule has 0 radical (unpaired) electrons. The Bertz CT molecular complexity index is 3570. The topological polar surface area (TPSA) is 326 Å². The van der Waals surface area contributed by atoms with Crippen molar-refractivity contribution in [3.8, 4) is 43.4 Å². The second-order valence-corrected chi connectivity index (χ2v) is 23.1. The molecule has 29 heteroatoms. The number of esters is 1. The number of carbonyl (C=O) groups is 7. The highest BCUT2D eigenvalue weighted by molar-refractivity contribution is 7.16. The Labute approximate surface area is 474 Å². The highest BCUT2D eigenvalue weighted by Gasteiger charge is 2.34. The molecule has 79 heavy (non-hydrogen) atoms. The molecule has 3 atom stereocenters. The van der Waals surface area contributed by atoms with Gasteiger partial charge in [-0.3, -0.25) is 38.9 Å². The van der Waals surface area contributed by atoms with Gasteiger partial charge in [0, 0.05) is 59.5 Å². The maximum atomic E-state index is 14.2. The SMILES string of the molecule is CNC(=O)C[C@@H]1NC(=O)c2csc(n2)-c2ccc(-c3nc(NC(=O)CCCCN)cs3)nc2-c2csc(n2)-c2csc(n2)[C@H]([C@@H](OC(C)=O)c2ccccc2)NC(=O)CNC(=O)c2nc(sc2COC)NC(=O)c2nc1sc2C. The summed E-state index contributed by atoms with van der Waals surface area (Å²) >= 11 is 7.00. The van der Waals surface area contributed by atoms with Crippen LogP contribution in [0.15, 0.2) is 64.0 Å². The quantitative estimate of drug-likeness (QED) is 0.0448. The van der Waals surface area contributed by atoms with E-state index in [0.717, 1.165) is 22.7 Å². The van der Waals surface area contributed by atoms with Gasteiger partial charge in [0.1, 0.15) is 71.1 Å². The minimum Gasteiger partial charge on any atom is -0.455 e. The summed E-state index contributed by atoms with van der Waals surface area (Å²) in [5, 5.41) is 25.4. The van der Waals surface area contributed by atoms with Crippen LogP contribution in [0.4, 0.5) is 10.9 Å². The van der Waals surface area contributed by atoms with E-state index in [9.17, 15) is 33.6 Å². The number of pyridine rings is 1. The molecule has 6 amide bonds. The number of thiazole rings is 6. The summed E-state index contributed by atoms with van der Waals surface area (Å²) in [5.41, 5.74) is 8.27. The van der Waals surface area contributed by atoms with Crippen LogP contribution in [0.1, 0.15) is 108 Å². The van der Waals surface area contributed by atoms with Crippen molar-refractivity contribution >= 4 is 120 Å². The van der Waals surface area contributed by atoms with Crippen LogP contribution in [0.5, 0.6) is 0 Å². The fourth-order valence-corrected chi connectivity index (χ4v) is 13.1. The number of rotatable bonds is 13. The van der Waals surface area contributed by atoms with Crippen LogP contribution in [0.2, 0.25) is 0 Å². The number of fused-ring (bicyclic) bond motifs is 14. The lowest BCUT2D eigenvalue weighted by Gasteiger charge is -2.26. The maximum absolute atomic E-state index is 14.2. The number of nitrogens with zero attached hydrogens (tertiary/aromatic N) is 7. The molecule has 0 saturated carbocycles. The van der Waals surface area contributed by atoms with Crippen LogP contribution in [0, 0.1) is 6.92 Å². The van der Waals surface area contributed by atoms with Crippen LogP contribution in [-0.4, -0.2) is 104 Å². The number of carbonyl (C=O) groups excluding carboxylic acids is 7. The van der Waals surface area contributed by atoms with Gasteiger partial charge in [-0.25, -0.2) is 34.9 Å². The van der Waals surface area contributed by atoms with Gasteiger partial charge in [0.15, 0.2) is 11.2 Å². The molecule has 8 aromatic rings. The molecule has 23 nitrogen and oxygen atoms in total. The van der Waals surface area contributed by atoms with E-state index in [4.69, 9.17) is 35.1 Å². The maximum Gasteiger partial charge on any atom is 0.303 e. The van der Waals surface area contributed by atoms with E-state index in [1.807, 2.05) is 0 Å². The molecule has 1 aliphatic heterocycles. The molecule has 0 saturated heterocycles. The summed E-state index contributed by atoms with van der Waals surface area (Å²) in [5.74, 6) is -3.56. The number of ether oxygens (including phenoxy) is 2. The van der Waals surface area contributed by atoms with E-state index in [1.165, 1.54) is 66.4 Å². The Morgan fingerprint density at radius 2 is 1.48 bits per heavy atom. The Morgan fingerprint density at radius 1 is 0.734 bits per heavy atom. The summed E-state index contributed by atoms with van der Waals surface area (Å²) in [6, 6.07) is 10.3. The minimum atomic E-state index is -1.07. The smallest absolute Gasteiger partial charge is 0.303 e. The molecule has 8 heterocycles. The van der Waals surface area contributed by atoms with Crippen molar-refractivity contribution in [3.63, 3.8) is 0 Å². The lowest BCUT2D eigenvalue weighted by Crippen LogP contribution is -2.41. The number of amides is 6. The van der Waals surface area contributed by atoms with Gasteiger partial charge in [0.2, 0.25) is 17.7 Å². The first-order valence-electron chi connectivity index (χ1n) is 24.1. The Balaban J connectivity index is 1.13. The number of unbranched alkanes of at least 4 members (excludes halogenated alkanes) is 1. The normalized spacial score (nSPS) is 15.3. The molecule has 7 aromatic heterocycles. The molecule has 0 spiro atoms. The molecular formula is C50H48N14O9S6. The summed E-state index contributed by atoms with van der Waals surface area (Å²) in [6.45, 7) is 2.79. The molecule has 0 unspecified atom stereocenters. The molecule has 0 fully saturated rings. The van der Waals surface area contributed by atoms with Gasteiger partial charge in [-0.2, -0.15) is 0 Å². The zero-order valence-electron chi connectivity index (χ0n) is 42.4. The largest absolute Gasteiger partial charge is 0.455 e. The third-order valence-corrected chi connectivity index (χ3v) is 17.2. The van der Waals surface area contributed by atoms with Crippen LogP contribution >= 0.6 is 68.0 Å². The van der Waals surface area contributed by atoms with Crippen LogP contribution in [0.3, 0.4) is 0 Å². The Kier molecular flexibility index (Phi) is 18.1. The van der Waals surface area contributed by atoms with Crippen LogP contribution in [-0.2, 0) is 35.3 Å². The third kappa shape index (κ3) is 13.4. The van der Waals surface area contributed by atoms with Gasteiger partial charge in [-0.1, -0.05) is 41.7 Å². The number of hydrogen-bond acceptors (Lipinski definition) is 23. The zero-order chi connectivity index (χ0) is 55.7. The van der Waals surface area contributed by atoms with Crippen molar-refractivity contribution in [1.29, 1.82) is 0 Å². The number of aryl methyl sites for hydroxylation is 1. The number of methoxy groups -OCH3 is 1. The van der Waals surface area contributed by atoms with Gasteiger partial charge < -0.3 is 41.8 Å². The summed E-state index contributed by atoms with van der Waals surface area (Å²) in [6.07, 6.45) is 0.348. The van der Waals surface area contributed by atoms with Crippen molar-refractivity contribution < 1.29 is 43.0 Å². The number of anilines is 2. The number of hydrogen-bond donors (Lipinski definition) is 7. The van der Waals surface area contributed by atoms with Gasteiger partial charge in [-0.05, 0) is 44.0 Å². The average Bonchev–Trinajstić information content (AvgIpc) is 4.35. The molecule has 0 aliphatic carbocycles. The lowest BCUT2D eigenvalue weighted by molar-refractivity contribution is -0.149. The van der Waals surface area contributed by atoms with Crippen molar-refractivity contribution in [2.24, 2.45) is 5.73 Å². The molecule has 9 rings (SSSR count). The minimum absolute atomic E-state index is 0.0124. The molecule has 408 valence electrons. The zero-order valence-corrected chi connectivity index (χ0v) is 47.3. The van der Waals surface area contributed by atoms with E-state index in [2.05, 4.69) is 46.9 Å². The predicted octanol–water partition coefficient (Wildman–Crippen LogP) is 7.08. The molecule has 1 aromatic carbocycles. The number of nitrogens with one attached hydrogen (secondary N) is 6. The fourth-order valence-electron chi connectivity index (χ4n) is 7.91. The third-order valence-electron chi connectivity index (χ3n) is 11.6. The van der Waals surface area contributed by atoms with Crippen molar-refractivity contribution in [2.45, 2.75) is 64.3 Å². The first-order valence-corrected chi connectivity index (χ1v) is 29.3. The van der Waals surface area contributed by atoms with E-state index in [-0.39, 0.29) is 46.2 Å². The van der Waals surface area contributed by atoms with Gasteiger partial charge >= 0.3 is 5.97 Å². The highest BCUT2D eigenvalue weighted by Crippen LogP contribution is 2.40. The fraction of sp³-hybridized carbons (Fsp3) is 0.280. The first-order chi connectivity index (χ1) is 38.2. The summed E-state index contributed by atoms with van der Waals surface area (Å²) in [4.78, 5) is 128. The summed E-state index contributed by atoms with van der Waals surface area (Å²) in [7, 11) is 2.89. The average molecular weight is 1180 g/mol. The van der Waals surface area contributed by atoms with E-state index >= 15 is 0 Å². The van der Waals surface area contributed by atoms with Crippen molar-refractivity contribution in [3.05, 3.63) is 106 Å². The second-order valence-electron chi connectivity index (χ2n) is 17.3. The highest BCUT2D eigenvalue weighted by atomic mass is 32.1. The molecule has 1 aliphatic rings. The first kappa shape index (κ1) is 56.1. The van der Waals surface area contributed by atoms with Crippen LogP contribution < -0.4 is 37.6 Å². The lowest BCUT2D eigenvalue weighted by atomic mass is 10.0. The van der Waals surface area contributed by atoms with E-state index in [1.54, 1.807) is 70.9 Å². The standard InChI is InChI=1S/C50H48N14O9S6/c1-23-37-44(71)64-50-63-39(32(79-50)18-72-4)43(70)53-17-36(68)61-40(41(73-24(2)65)25-10-6-5-7-11-25)49-58-31(21-76-49)47-56-29(19-75-47)38-26(13-14-27(54-38)46-60-33(22-77-46)59-34(66)12-8-9-15-51)45-57-30(20-74-45)42(69)55-28(16-35(67)52-3)48(62-37)78-23/h5-7,10-11,13-14,19-22,28,40-41H,8-9,12,15-18,51H2,1-4H3,(H,52,67)(H,53,70)(H,55,69)(H,59,66)(H,61,68)(H,63,64,71)/t28-,40-,41-/m0/s1. The van der Waals surface area contributed by atoms with Gasteiger partial charge in [0.05, 0.1) is 36.2 Å². The van der Waals surface area contributed by atoms with Crippen LogP contribution in [0.25, 0.3) is 43.4 Å². The molecule has 8 N–H and O–H groups in total. The number of benzene rings is 1. The van der Waals surface area contributed by atoms with Crippen molar-refractivity contribution in [1.82, 2.24) is 56.2 Å². The summed E-state index contributed by atoms with van der Waals surface area (Å²) < 4.78 is 11.2. The number of aromatic nitrogens is 7. The number of nitrogens with two attached hydrogens (primary N) is 1. The van der Waals surface area contributed by atoms with Crippen molar-refractivity contribution in [2.75, 3.05) is 37.9 Å². The van der Waals surface area contributed by atoms with E-state index < -0.39 is 60.2 Å². The molecule has 10 bridgehead atoms.